The van der Waals surface area contributed by atoms with Gasteiger partial charge in [0, 0.05) is 25.9 Å². The zero-order valence-corrected chi connectivity index (χ0v) is 15.5. The molecule has 0 aliphatic carbocycles. The summed E-state index contributed by atoms with van der Waals surface area (Å²) < 4.78 is 0. The molecule has 0 bridgehead atoms. The zero-order chi connectivity index (χ0) is 18.6. The largest absolute Gasteiger partial charge is 0.481 e. The molecule has 0 heterocycles. The van der Waals surface area contributed by atoms with Gasteiger partial charge in [-0.05, 0) is 25.7 Å². The van der Waals surface area contributed by atoms with Crippen molar-refractivity contribution in [3.05, 3.63) is 0 Å². The van der Waals surface area contributed by atoms with Crippen molar-refractivity contribution in [2.45, 2.75) is 90.9 Å². The highest BCUT2D eigenvalue weighted by molar-refractivity contribution is 5.66. The molecule has 0 fully saturated rings. The molecule has 0 aromatic rings. The standard InChI is InChI=1S/C10H18O4.C8H19NO/c11-9(12)7-5-3-1-2-4-6-8-10(13)14;1-3-5-7-9(10)8-6-4-2/h1-8H2,(H,11,12)(H,13,14);10H,3-8H2,1-2H3. The molecule has 0 saturated carbocycles. The maximum absolute atomic E-state index is 10.1. The van der Waals surface area contributed by atoms with Crippen LogP contribution in [0.2, 0.25) is 0 Å². The van der Waals surface area contributed by atoms with Crippen LogP contribution in [0, 0.1) is 0 Å². The Morgan fingerprint density at radius 1 is 0.667 bits per heavy atom. The van der Waals surface area contributed by atoms with E-state index in [9.17, 15) is 9.59 Å². The van der Waals surface area contributed by atoms with E-state index in [-0.39, 0.29) is 12.8 Å². The minimum atomic E-state index is -0.740. The molecule has 3 N–H and O–H groups in total. The third-order valence-electron chi connectivity index (χ3n) is 3.57. The minimum absolute atomic E-state index is 0.245. The molecule has 0 spiro atoms. The van der Waals surface area contributed by atoms with Gasteiger partial charge in [-0.15, -0.1) is 0 Å². The molecule has 6 nitrogen and oxygen atoms in total. The van der Waals surface area contributed by atoms with E-state index < -0.39 is 11.9 Å². The van der Waals surface area contributed by atoms with Gasteiger partial charge < -0.3 is 15.4 Å². The van der Waals surface area contributed by atoms with Crippen molar-refractivity contribution in [2.75, 3.05) is 13.1 Å². The highest BCUT2D eigenvalue weighted by atomic mass is 16.5. The number of nitrogens with zero attached hydrogens (tertiary/aromatic N) is 1. The number of hydroxylamine groups is 2. The Labute approximate surface area is 146 Å². The summed E-state index contributed by atoms with van der Waals surface area (Å²) in [5.41, 5.74) is 0. The summed E-state index contributed by atoms with van der Waals surface area (Å²) in [7, 11) is 0. The molecule has 0 amide bonds. The second-order valence-electron chi connectivity index (χ2n) is 6.07. The van der Waals surface area contributed by atoms with Gasteiger partial charge in [-0.2, -0.15) is 5.06 Å². The highest BCUT2D eigenvalue weighted by Gasteiger charge is 1.98. The van der Waals surface area contributed by atoms with E-state index in [1.807, 2.05) is 0 Å². The molecule has 0 unspecified atom stereocenters. The Balaban J connectivity index is 0. The molecule has 0 aromatic heterocycles. The Kier molecular flexibility index (Phi) is 20.8. The van der Waals surface area contributed by atoms with Crippen molar-refractivity contribution >= 4 is 11.9 Å². The van der Waals surface area contributed by atoms with Gasteiger partial charge in [-0.1, -0.05) is 52.4 Å². The summed E-state index contributed by atoms with van der Waals surface area (Å²) in [6.07, 6.45) is 10.3. The lowest BCUT2D eigenvalue weighted by atomic mass is 10.1. The molecule has 24 heavy (non-hydrogen) atoms. The molecule has 0 aliphatic heterocycles. The molecule has 6 heteroatoms. The second-order valence-corrected chi connectivity index (χ2v) is 6.07. The van der Waals surface area contributed by atoms with Gasteiger partial charge in [0.25, 0.3) is 0 Å². The predicted molar refractivity (Wildman–Crippen MR) is 95.4 cm³/mol. The van der Waals surface area contributed by atoms with E-state index in [0.717, 1.165) is 77.3 Å². The van der Waals surface area contributed by atoms with Crippen molar-refractivity contribution in [3.63, 3.8) is 0 Å². The fourth-order valence-corrected chi connectivity index (χ4v) is 2.05. The SMILES string of the molecule is CCCCN(O)CCCC.O=C(O)CCCCCCCCC(=O)O. The summed E-state index contributed by atoms with van der Waals surface area (Å²) in [6, 6.07) is 0. The summed E-state index contributed by atoms with van der Waals surface area (Å²) in [6.45, 7) is 5.92. The van der Waals surface area contributed by atoms with E-state index in [0.29, 0.717) is 0 Å². The van der Waals surface area contributed by atoms with Gasteiger partial charge in [0.1, 0.15) is 0 Å². The number of unbranched alkanes of at least 4 members (excludes halogenated alkanes) is 7. The molecular formula is C18H37NO5. The van der Waals surface area contributed by atoms with E-state index in [1.165, 1.54) is 5.06 Å². The fourth-order valence-electron chi connectivity index (χ4n) is 2.05. The highest BCUT2D eigenvalue weighted by Crippen LogP contribution is 2.08. The van der Waals surface area contributed by atoms with Crippen molar-refractivity contribution in [1.82, 2.24) is 5.06 Å². The summed E-state index contributed by atoms with van der Waals surface area (Å²) >= 11 is 0. The van der Waals surface area contributed by atoms with Gasteiger partial charge >= 0.3 is 11.9 Å². The lowest BCUT2D eigenvalue weighted by molar-refractivity contribution is -0.138. The third-order valence-corrected chi connectivity index (χ3v) is 3.57. The molecule has 0 aromatic carbocycles. The van der Waals surface area contributed by atoms with Crippen LogP contribution >= 0.6 is 0 Å². The smallest absolute Gasteiger partial charge is 0.303 e. The van der Waals surface area contributed by atoms with E-state index in [1.54, 1.807) is 0 Å². The number of hydrogen-bond acceptors (Lipinski definition) is 4. The number of carbonyl (C=O) groups is 2. The monoisotopic (exact) mass is 347 g/mol. The van der Waals surface area contributed by atoms with Crippen LogP contribution in [0.5, 0.6) is 0 Å². The minimum Gasteiger partial charge on any atom is -0.481 e. The predicted octanol–water partition coefficient (Wildman–Crippen LogP) is 4.55. The van der Waals surface area contributed by atoms with Crippen LogP contribution in [0.4, 0.5) is 0 Å². The van der Waals surface area contributed by atoms with Gasteiger partial charge in [0.05, 0.1) is 0 Å². The van der Waals surface area contributed by atoms with Gasteiger partial charge in [0.2, 0.25) is 0 Å². The van der Waals surface area contributed by atoms with Crippen LogP contribution in [-0.4, -0.2) is 45.5 Å². The first-order valence-corrected chi connectivity index (χ1v) is 9.31. The number of aliphatic carboxylic acids is 2. The fraction of sp³-hybridized carbons (Fsp3) is 0.889. The average molecular weight is 347 g/mol. The molecule has 0 saturated heterocycles. The first kappa shape index (κ1) is 25.1. The van der Waals surface area contributed by atoms with Crippen molar-refractivity contribution in [2.24, 2.45) is 0 Å². The molecule has 144 valence electrons. The molecule has 0 atom stereocenters. The van der Waals surface area contributed by atoms with Gasteiger partial charge in [0.15, 0.2) is 0 Å². The molecule has 0 rings (SSSR count). The quantitative estimate of drug-likeness (QED) is 0.297. The number of rotatable bonds is 15. The van der Waals surface area contributed by atoms with Crippen molar-refractivity contribution in [1.29, 1.82) is 0 Å². The lowest BCUT2D eigenvalue weighted by Gasteiger charge is -2.12. The lowest BCUT2D eigenvalue weighted by Crippen LogP contribution is -2.21. The average Bonchev–Trinajstić information content (AvgIpc) is 2.53. The summed E-state index contributed by atoms with van der Waals surface area (Å²) in [5, 5.41) is 27.3. The maximum Gasteiger partial charge on any atom is 0.303 e. The van der Waals surface area contributed by atoms with Crippen molar-refractivity contribution < 1.29 is 25.0 Å². The van der Waals surface area contributed by atoms with Crippen LogP contribution in [-0.2, 0) is 9.59 Å². The van der Waals surface area contributed by atoms with Gasteiger partial charge in [-0.3, -0.25) is 9.59 Å². The summed E-state index contributed by atoms with van der Waals surface area (Å²) in [4.78, 5) is 20.3. The van der Waals surface area contributed by atoms with E-state index in [2.05, 4.69) is 13.8 Å². The molecule has 0 radical (unpaired) electrons. The first-order chi connectivity index (χ1) is 11.4. The Morgan fingerprint density at radius 2 is 1.00 bits per heavy atom. The molecule has 0 aliphatic rings. The topological polar surface area (TPSA) is 98.1 Å². The van der Waals surface area contributed by atoms with E-state index >= 15 is 0 Å². The van der Waals surface area contributed by atoms with Crippen LogP contribution < -0.4 is 0 Å². The third kappa shape index (κ3) is 25.8. The van der Waals surface area contributed by atoms with Gasteiger partial charge in [-0.25, -0.2) is 0 Å². The normalized spacial score (nSPS) is 10.3. The van der Waals surface area contributed by atoms with Crippen LogP contribution in [0.15, 0.2) is 0 Å². The van der Waals surface area contributed by atoms with Crippen molar-refractivity contribution in [3.8, 4) is 0 Å². The first-order valence-electron chi connectivity index (χ1n) is 9.31. The number of hydrogen-bond donors (Lipinski definition) is 3. The summed E-state index contributed by atoms with van der Waals surface area (Å²) in [5.74, 6) is -1.48. The second kappa shape index (κ2) is 19.9. The number of carboxylic acids is 2. The zero-order valence-electron chi connectivity index (χ0n) is 15.5. The Hall–Kier alpha value is -1.14. The Morgan fingerprint density at radius 3 is 1.29 bits per heavy atom. The number of carboxylic acid groups (broad SMARTS) is 2. The van der Waals surface area contributed by atoms with Crippen LogP contribution in [0.25, 0.3) is 0 Å². The maximum atomic E-state index is 10.1. The molecular weight excluding hydrogens is 310 g/mol. The van der Waals surface area contributed by atoms with Crippen LogP contribution in [0.1, 0.15) is 90.9 Å². The Bertz CT molecular complexity index is 269. The van der Waals surface area contributed by atoms with E-state index in [4.69, 9.17) is 15.4 Å². The van der Waals surface area contributed by atoms with Crippen LogP contribution in [0.3, 0.4) is 0 Å².